The molecule has 18 heavy (non-hydrogen) atoms. The second-order valence-corrected chi connectivity index (χ2v) is 6.01. The molecule has 0 aliphatic heterocycles. The van der Waals surface area contributed by atoms with Crippen LogP contribution in [0.1, 0.15) is 50.5 Å². The van der Waals surface area contributed by atoms with Crippen LogP contribution in [0.25, 0.3) is 0 Å². The van der Waals surface area contributed by atoms with Crippen molar-refractivity contribution in [3.63, 3.8) is 0 Å². The minimum Gasteiger partial charge on any atom is -0.393 e. The molecular formula is C16H23ClO. The molecule has 0 heterocycles. The fourth-order valence-electron chi connectivity index (χ4n) is 2.96. The van der Waals surface area contributed by atoms with Crippen LogP contribution in [0.15, 0.2) is 24.3 Å². The lowest BCUT2D eigenvalue weighted by Crippen LogP contribution is -2.16. The Labute approximate surface area is 115 Å². The maximum absolute atomic E-state index is 10.2. The first-order valence-corrected chi connectivity index (χ1v) is 7.54. The predicted molar refractivity (Wildman–Crippen MR) is 77.0 cm³/mol. The molecule has 1 saturated carbocycles. The van der Waals surface area contributed by atoms with Gasteiger partial charge in [-0.1, -0.05) is 62.3 Å². The third-order valence-corrected chi connectivity index (χ3v) is 4.22. The van der Waals surface area contributed by atoms with Crippen LogP contribution < -0.4 is 0 Å². The van der Waals surface area contributed by atoms with Crippen molar-refractivity contribution in [2.75, 3.05) is 0 Å². The number of aliphatic hydroxyl groups is 1. The fourth-order valence-corrected chi connectivity index (χ4v) is 3.09. The van der Waals surface area contributed by atoms with E-state index in [0.29, 0.717) is 0 Å². The number of rotatable bonds is 4. The molecule has 1 aliphatic rings. The van der Waals surface area contributed by atoms with E-state index in [-0.39, 0.29) is 6.10 Å². The minimum atomic E-state index is -0.200. The van der Waals surface area contributed by atoms with Crippen molar-refractivity contribution in [3.8, 4) is 0 Å². The van der Waals surface area contributed by atoms with Crippen molar-refractivity contribution in [3.05, 3.63) is 34.9 Å². The van der Waals surface area contributed by atoms with Crippen LogP contribution in [0, 0.1) is 5.92 Å². The number of hydrogen-bond donors (Lipinski definition) is 1. The highest BCUT2D eigenvalue weighted by Gasteiger charge is 2.16. The summed E-state index contributed by atoms with van der Waals surface area (Å²) in [4.78, 5) is 0. The van der Waals surface area contributed by atoms with Crippen LogP contribution in [0.5, 0.6) is 0 Å². The van der Waals surface area contributed by atoms with Gasteiger partial charge in [0, 0.05) is 5.02 Å². The van der Waals surface area contributed by atoms with Gasteiger partial charge < -0.3 is 5.11 Å². The molecule has 1 unspecified atom stereocenters. The zero-order chi connectivity index (χ0) is 12.8. The summed E-state index contributed by atoms with van der Waals surface area (Å²) in [7, 11) is 0. The summed E-state index contributed by atoms with van der Waals surface area (Å²) in [6.45, 7) is 0. The van der Waals surface area contributed by atoms with Gasteiger partial charge in [0.2, 0.25) is 0 Å². The summed E-state index contributed by atoms with van der Waals surface area (Å²) in [6, 6.07) is 7.82. The van der Waals surface area contributed by atoms with Crippen molar-refractivity contribution in [1.29, 1.82) is 0 Å². The van der Waals surface area contributed by atoms with E-state index < -0.39 is 0 Å². The van der Waals surface area contributed by atoms with Crippen molar-refractivity contribution >= 4 is 11.6 Å². The number of benzene rings is 1. The van der Waals surface area contributed by atoms with E-state index in [1.807, 2.05) is 24.3 Å². The summed E-state index contributed by atoms with van der Waals surface area (Å²) in [5.74, 6) is 0.731. The van der Waals surface area contributed by atoms with E-state index in [1.54, 1.807) is 0 Å². The largest absolute Gasteiger partial charge is 0.393 e. The van der Waals surface area contributed by atoms with Crippen molar-refractivity contribution in [2.24, 2.45) is 5.92 Å². The van der Waals surface area contributed by atoms with Crippen LogP contribution >= 0.6 is 11.6 Å². The van der Waals surface area contributed by atoms with Crippen LogP contribution in [0.3, 0.4) is 0 Å². The normalized spacial score (nSPS) is 19.4. The molecule has 100 valence electrons. The predicted octanol–water partition coefficient (Wildman–Crippen LogP) is 4.60. The molecule has 2 rings (SSSR count). The molecule has 0 spiro atoms. The van der Waals surface area contributed by atoms with Gasteiger partial charge >= 0.3 is 0 Å². The number of halogens is 1. The van der Waals surface area contributed by atoms with Gasteiger partial charge in [-0.2, -0.15) is 0 Å². The summed E-state index contributed by atoms with van der Waals surface area (Å²) in [5.41, 5.74) is 1.18. The fraction of sp³-hybridized carbons (Fsp3) is 0.625. The first-order valence-electron chi connectivity index (χ1n) is 7.16. The Morgan fingerprint density at radius 3 is 2.28 bits per heavy atom. The zero-order valence-corrected chi connectivity index (χ0v) is 11.7. The van der Waals surface area contributed by atoms with Crippen LogP contribution in [-0.4, -0.2) is 11.2 Å². The molecule has 0 amide bonds. The molecule has 1 aliphatic carbocycles. The Kier molecular flexibility index (Phi) is 5.52. The third kappa shape index (κ3) is 4.62. The molecule has 1 aromatic rings. The molecule has 1 atom stereocenters. The lowest BCUT2D eigenvalue weighted by atomic mass is 9.91. The van der Waals surface area contributed by atoms with E-state index in [4.69, 9.17) is 11.6 Å². The van der Waals surface area contributed by atoms with Gasteiger partial charge in [-0.15, -0.1) is 0 Å². The maximum atomic E-state index is 10.2. The van der Waals surface area contributed by atoms with Crippen LogP contribution in [0.2, 0.25) is 5.02 Å². The van der Waals surface area contributed by atoms with E-state index >= 15 is 0 Å². The zero-order valence-electron chi connectivity index (χ0n) is 10.9. The van der Waals surface area contributed by atoms with Crippen molar-refractivity contribution in [2.45, 2.75) is 57.5 Å². The molecule has 1 nitrogen and oxygen atoms in total. The average molecular weight is 267 g/mol. The standard InChI is InChI=1S/C16H23ClO/c17-15-9-7-14(8-10-15)12-16(18)11-13-5-3-1-2-4-6-13/h7-10,13,16,18H,1-6,11-12H2. The molecule has 0 radical (unpaired) electrons. The highest BCUT2D eigenvalue weighted by Crippen LogP contribution is 2.27. The smallest absolute Gasteiger partial charge is 0.0583 e. The Bertz CT molecular complexity index is 339. The molecule has 1 aromatic carbocycles. The Morgan fingerprint density at radius 2 is 1.67 bits per heavy atom. The van der Waals surface area contributed by atoms with Crippen molar-refractivity contribution in [1.82, 2.24) is 0 Å². The second-order valence-electron chi connectivity index (χ2n) is 5.58. The third-order valence-electron chi connectivity index (χ3n) is 3.96. The lowest BCUT2D eigenvalue weighted by Gasteiger charge is -2.18. The van der Waals surface area contributed by atoms with Gasteiger partial charge in [0.15, 0.2) is 0 Å². The first-order chi connectivity index (χ1) is 8.74. The first kappa shape index (κ1) is 13.9. The Hall–Kier alpha value is -0.530. The molecule has 0 aromatic heterocycles. The van der Waals surface area contributed by atoms with Gasteiger partial charge in [-0.3, -0.25) is 0 Å². The monoisotopic (exact) mass is 266 g/mol. The molecule has 1 fully saturated rings. The molecule has 0 bridgehead atoms. The number of hydrogen-bond acceptors (Lipinski definition) is 1. The molecule has 2 heteroatoms. The summed E-state index contributed by atoms with van der Waals surface area (Å²) >= 11 is 5.86. The van der Waals surface area contributed by atoms with E-state index in [9.17, 15) is 5.11 Å². The topological polar surface area (TPSA) is 20.2 Å². The second kappa shape index (κ2) is 7.16. The Morgan fingerprint density at radius 1 is 1.06 bits per heavy atom. The van der Waals surface area contributed by atoms with Gasteiger partial charge in [-0.05, 0) is 36.5 Å². The highest BCUT2D eigenvalue weighted by atomic mass is 35.5. The van der Waals surface area contributed by atoms with Gasteiger partial charge in [0.25, 0.3) is 0 Å². The van der Waals surface area contributed by atoms with Crippen molar-refractivity contribution < 1.29 is 5.11 Å². The minimum absolute atomic E-state index is 0.200. The molecule has 0 saturated heterocycles. The van der Waals surface area contributed by atoms with Gasteiger partial charge in [-0.25, -0.2) is 0 Å². The molecule has 1 N–H and O–H groups in total. The van der Waals surface area contributed by atoms with Gasteiger partial charge in [0.1, 0.15) is 0 Å². The summed E-state index contributed by atoms with van der Waals surface area (Å²) < 4.78 is 0. The SMILES string of the molecule is OC(Cc1ccc(Cl)cc1)CC1CCCCCC1. The van der Waals surface area contributed by atoms with E-state index in [2.05, 4.69) is 0 Å². The van der Waals surface area contributed by atoms with Crippen LogP contribution in [-0.2, 0) is 6.42 Å². The van der Waals surface area contributed by atoms with E-state index in [1.165, 1.54) is 44.1 Å². The summed E-state index contributed by atoms with van der Waals surface area (Å²) in [5, 5.41) is 10.9. The van der Waals surface area contributed by atoms with Crippen LogP contribution in [0.4, 0.5) is 0 Å². The summed E-state index contributed by atoms with van der Waals surface area (Å²) in [6.07, 6.45) is 9.57. The quantitative estimate of drug-likeness (QED) is 0.790. The Balaban J connectivity index is 1.80. The average Bonchev–Trinajstić information content (AvgIpc) is 2.61. The molecular weight excluding hydrogens is 244 g/mol. The maximum Gasteiger partial charge on any atom is 0.0583 e. The van der Waals surface area contributed by atoms with Gasteiger partial charge in [0.05, 0.1) is 6.10 Å². The lowest BCUT2D eigenvalue weighted by molar-refractivity contribution is 0.137. The van der Waals surface area contributed by atoms with E-state index in [0.717, 1.165) is 23.8 Å². The number of aliphatic hydroxyl groups excluding tert-OH is 1. The highest BCUT2D eigenvalue weighted by molar-refractivity contribution is 6.30.